The molecule has 2 N–H and O–H groups in total. The fourth-order valence-electron chi connectivity index (χ4n) is 0.512. The van der Waals surface area contributed by atoms with Crippen LogP contribution in [0.5, 0.6) is 0 Å². The van der Waals surface area contributed by atoms with Crippen LogP contribution in [-0.2, 0) is 0 Å². The van der Waals surface area contributed by atoms with Crippen LogP contribution in [0, 0.1) is 0 Å². The minimum atomic E-state index is -0.161. The fraction of sp³-hybridized carbons (Fsp3) is 0.571. The standard InChI is InChI=1S/C7H13NO/c1-3-5-7(9)6-8-4-2/h3-5,7,9H,6H2,1-2H3/p+1/b5-3+,8-4?/t7-/m0/s1. The van der Waals surface area contributed by atoms with Gasteiger partial charge in [0.25, 0.3) is 0 Å². The summed E-state index contributed by atoms with van der Waals surface area (Å²) in [4.78, 5) is 3.93. The number of aliphatic imine (C=N–C) groups is 1. The maximum absolute atomic E-state index is 7.27. The number of nitrogens with zero attached hydrogens (tertiary/aromatic N) is 1. The van der Waals surface area contributed by atoms with Gasteiger partial charge in [-0.1, -0.05) is 6.08 Å². The summed E-state index contributed by atoms with van der Waals surface area (Å²) in [7, 11) is 0. The molecule has 0 saturated carbocycles. The van der Waals surface area contributed by atoms with Crippen molar-refractivity contribution in [1.29, 1.82) is 0 Å². The molecule has 0 bridgehead atoms. The Labute approximate surface area is 55.9 Å². The summed E-state index contributed by atoms with van der Waals surface area (Å²) in [5.74, 6) is 0. The monoisotopic (exact) mass is 128 g/mol. The normalized spacial score (nSPS) is 15.4. The SMILES string of the molecule is CC=NC[C@@H]([OH2+])/C=C/C. The van der Waals surface area contributed by atoms with Crippen molar-refractivity contribution in [2.75, 3.05) is 6.54 Å². The summed E-state index contributed by atoms with van der Waals surface area (Å²) in [6.45, 7) is 4.36. The van der Waals surface area contributed by atoms with E-state index >= 15 is 0 Å². The van der Waals surface area contributed by atoms with E-state index in [1.165, 1.54) is 0 Å². The van der Waals surface area contributed by atoms with E-state index in [9.17, 15) is 0 Å². The van der Waals surface area contributed by atoms with E-state index in [2.05, 4.69) is 4.99 Å². The Kier molecular flexibility index (Phi) is 5.12. The van der Waals surface area contributed by atoms with Crippen LogP contribution in [-0.4, -0.2) is 24.0 Å². The highest BCUT2D eigenvalue weighted by molar-refractivity contribution is 5.53. The molecule has 9 heavy (non-hydrogen) atoms. The minimum absolute atomic E-state index is 0.161. The van der Waals surface area contributed by atoms with Gasteiger partial charge in [-0.3, -0.25) is 4.99 Å². The van der Waals surface area contributed by atoms with Crippen LogP contribution in [0.25, 0.3) is 0 Å². The van der Waals surface area contributed by atoms with Gasteiger partial charge in [0, 0.05) is 0 Å². The summed E-state index contributed by atoms with van der Waals surface area (Å²) >= 11 is 0. The molecule has 0 aliphatic rings. The third-order valence-electron chi connectivity index (χ3n) is 0.909. The smallest absolute Gasteiger partial charge is 0.192 e. The molecule has 2 nitrogen and oxygen atoms in total. The van der Waals surface area contributed by atoms with Gasteiger partial charge < -0.3 is 5.11 Å². The third kappa shape index (κ3) is 5.24. The number of allylic oxidation sites excluding steroid dienone is 1. The number of hydrogen-bond donors (Lipinski definition) is 0. The number of rotatable bonds is 3. The van der Waals surface area contributed by atoms with Crippen molar-refractivity contribution in [2.45, 2.75) is 20.0 Å². The Morgan fingerprint density at radius 2 is 2.22 bits per heavy atom. The van der Waals surface area contributed by atoms with Crippen molar-refractivity contribution in [3.05, 3.63) is 12.2 Å². The molecule has 0 aromatic heterocycles. The predicted molar refractivity (Wildman–Crippen MR) is 41.2 cm³/mol. The van der Waals surface area contributed by atoms with Gasteiger partial charge in [0.2, 0.25) is 0 Å². The highest BCUT2D eigenvalue weighted by Crippen LogP contribution is 1.85. The lowest BCUT2D eigenvalue weighted by Crippen LogP contribution is -2.05. The van der Waals surface area contributed by atoms with E-state index in [0.717, 1.165) is 0 Å². The van der Waals surface area contributed by atoms with Crippen LogP contribution in [0.2, 0.25) is 0 Å². The van der Waals surface area contributed by atoms with E-state index in [1.54, 1.807) is 6.21 Å². The molecule has 0 unspecified atom stereocenters. The van der Waals surface area contributed by atoms with Gasteiger partial charge in [-0.25, -0.2) is 0 Å². The topological polar surface area (TPSA) is 35.3 Å². The maximum Gasteiger partial charge on any atom is 0.192 e. The van der Waals surface area contributed by atoms with Crippen LogP contribution in [0.3, 0.4) is 0 Å². The third-order valence-corrected chi connectivity index (χ3v) is 0.909. The molecule has 2 heteroatoms. The Bertz CT molecular complexity index is 107. The highest BCUT2D eigenvalue weighted by Gasteiger charge is 1.97. The molecule has 0 amide bonds. The van der Waals surface area contributed by atoms with Crippen molar-refractivity contribution in [2.24, 2.45) is 4.99 Å². The van der Waals surface area contributed by atoms with E-state index in [4.69, 9.17) is 5.11 Å². The van der Waals surface area contributed by atoms with Crippen molar-refractivity contribution in [3.8, 4) is 0 Å². The summed E-state index contributed by atoms with van der Waals surface area (Å²) in [6.07, 6.45) is 5.27. The summed E-state index contributed by atoms with van der Waals surface area (Å²) in [5, 5.41) is 7.27. The first kappa shape index (κ1) is 8.37. The molecule has 52 valence electrons. The van der Waals surface area contributed by atoms with Crippen molar-refractivity contribution >= 4 is 6.21 Å². The maximum atomic E-state index is 7.27. The van der Waals surface area contributed by atoms with Crippen LogP contribution < -0.4 is 0 Å². The van der Waals surface area contributed by atoms with Crippen molar-refractivity contribution in [1.82, 2.24) is 0 Å². The molecule has 0 aromatic rings. The molecule has 1 atom stereocenters. The highest BCUT2D eigenvalue weighted by atomic mass is 16.3. The second kappa shape index (κ2) is 5.51. The van der Waals surface area contributed by atoms with Crippen LogP contribution >= 0.6 is 0 Å². The average molecular weight is 128 g/mol. The Morgan fingerprint density at radius 1 is 1.56 bits per heavy atom. The van der Waals surface area contributed by atoms with Crippen molar-refractivity contribution in [3.63, 3.8) is 0 Å². The molecular formula is C7H14NO+. The lowest BCUT2D eigenvalue weighted by Gasteiger charge is -1.93. The zero-order valence-corrected chi connectivity index (χ0v) is 5.96. The molecule has 0 radical (unpaired) electrons. The van der Waals surface area contributed by atoms with E-state index in [0.29, 0.717) is 6.54 Å². The quantitative estimate of drug-likeness (QED) is 0.305. The zero-order valence-electron chi connectivity index (χ0n) is 5.96. The summed E-state index contributed by atoms with van der Waals surface area (Å²) in [6, 6.07) is 0. The minimum Gasteiger partial charge on any atom is -0.439 e. The Hall–Kier alpha value is -0.630. The second-order valence-corrected chi connectivity index (χ2v) is 1.76. The molecular weight excluding hydrogens is 114 g/mol. The first-order valence-corrected chi connectivity index (χ1v) is 3.09. The van der Waals surface area contributed by atoms with Gasteiger partial charge in [-0.2, -0.15) is 0 Å². The molecule has 0 aliphatic heterocycles. The van der Waals surface area contributed by atoms with Gasteiger partial charge in [0.15, 0.2) is 6.10 Å². The van der Waals surface area contributed by atoms with Crippen LogP contribution in [0.1, 0.15) is 13.8 Å². The second-order valence-electron chi connectivity index (χ2n) is 1.76. The predicted octanol–water partition coefficient (Wildman–Crippen LogP) is 0.746. The molecule has 0 aliphatic carbocycles. The molecule has 0 heterocycles. The fourth-order valence-corrected chi connectivity index (χ4v) is 0.512. The average Bonchev–Trinajstić information content (AvgIpc) is 1.85. The van der Waals surface area contributed by atoms with E-state index in [1.807, 2.05) is 26.0 Å². The largest absolute Gasteiger partial charge is 0.439 e. The molecule has 0 aromatic carbocycles. The van der Waals surface area contributed by atoms with Crippen LogP contribution in [0.4, 0.5) is 0 Å². The van der Waals surface area contributed by atoms with Gasteiger partial charge in [0.05, 0.1) is 0 Å². The van der Waals surface area contributed by atoms with Gasteiger partial charge in [-0.05, 0) is 26.1 Å². The lowest BCUT2D eigenvalue weighted by atomic mass is 10.3. The summed E-state index contributed by atoms with van der Waals surface area (Å²) in [5.41, 5.74) is 0. The Balaban J connectivity index is 3.37. The zero-order chi connectivity index (χ0) is 7.11. The van der Waals surface area contributed by atoms with E-state index < -0.39 is 0 Å². The summed E-state index contributed by atoms with van der Waals surface area (Å²) < 4.78 is 0. The first-order valence-electron chi connectivity index (χ1n) is 3.09. The van der Waals surface area contributed by atoms with Crippen LogP contribution in [0.15, 0.2) is 17.1 Å². The van der Waals surface area contributed by atoms with Gasteiger partial charge in [0.1, 0.15) is 6.54 Å². The number of hydrogen-bond acceptors (Lipinski definition) is 1. The molecule has 0 fully saturated rings. The lowest BCUT2D eigenvalue weighted by molar-refractivity contribution is 0.232. The molecule has 0 spiro atoms. The van der Waals surface area contributed by atoms with E-state index in [-0.39, 0.29) is 6.10 Å². The van der Waals surface area contributed by atoms with Gasteiger partial charge in [-0.15, -0.1) is 0 Å². The first-order chi connectivity index (χ1) is 4.31. The molecule has 0 saturated heterocycles. The van der Waals surface area contributed by atoms with Crippen molar-refractivity contribution < 1.29 is 5.11 Å². The Morgan fingerprint density at radius 3 is 2.67 bits per heavy atom. The molecule has 0 rings (SSSR count). The van der Waals surface area contributed by atoms with Gasteiger partial charge >= 0.3 is 0 Å².